The molecule has 0 bridgehead atoms. The number of hydrogen-bond donors (Lipinski definition) is 1. The van der Waals surface area contributed by atoms with E-state index in [1.165, 1.54) is 7.11 Å². The van der Waals surface area contributed by atoms with Gasteiger partial charge in [0.1, 0.15) is 5.69 Å². The molecular weight excluding hydrogens is 226 g/mol. The Hall–Kier alpha value is -1.40. The van der Waals surface area contributed by atoms with Crippen LogP contribution < -0.4 is 0 Å². The van der Waals surface area contributed by atoms with Gasteiger partial charge in [-0.2, -0.15) is 0 Å². The van der Waals surface area contributed by atoms with Crippen molar-refractivity contribution in [1.82, 2.24) is 4.98 Å². The summed E-state index contributed by atoms with van der Waals surface area (Å²) in [5.41, 5.74) is 0.328. The molecule has 2 heterocycles. The maximum atomic E-state index is 11.0. The first kappa shape index (κ1) is 12.1. The summed E-state index contributed by atoms with van der Waals surface area (Å²) in [6, 6.07) is 0. The molecule has 1 aromatic heterocycles. The first-order valence-corrected chi connectivity index (χ1v) is 5.47. The molecule has 0 saturated carbocycles. The number of nitrogens with zero attached hydrogens (tertiary/aromatic N) is 1. The number of hydrogen-bond acceptors (Lipinski definition) is 5. The van der Waals surface area contributed by atoms with Gasteiger partial charge in [-0.25, -0.2) is 9.78 Å². The fraction of sp³-hybridized carbons (Fsp3) is 0.636. The van der Waals surface area contributed by atoms with Gasteiger partial charge < -0.3 is 19.0 Å². The van der Waals surface area contributed by atoms with Crippen LogP contribution in [0.3, 0.4) is 0 Å². The number of aromatic nitrogens is 1. The van der Waals surface area contributed by atoms with Crippen LogP contribution in [0.2, 0.25) is 0 Å². The molecule has 0 radical (unpaired) electrons. The maximum Gasteiger partial charge on any atom is 0.373 e. The predicted molar refractivity (Wildman–Crippen MR) is 56.9 cm³/mol. The Kier molecular flexibility index (Phi) is 3.44. The molecule has 1 saturated heterocycles. The van der Waals surface area contributed by atoms with Crippen LogP contribution >= 0.6 is 0 Å². The molecule has 2 atom stereocenters. The molecule has 17 heavy (non-hydrogen) atoms. The molecule has 2 unspecified atom stereocenters. The monoisotopic (exact) mass is 241 g/mol. The number of aromatic carboxylic acids is 1. The van der Waals surface area contributed by atoms with Crippen LogP contribution in [0.1, 0.15) is 41.4 Å². The van der Waals surface area contributed by atoms with Crippen LogP contribution in [0.5, 0.6) is 0 Å². The third-order valence-electron chi connectivity index (χ3n) is 2.88. The van der Waals surface area contributed by atoms with Crippen LogP contribution in [-0.4, -0.2) is 35.9 Å². The van der Waals surface area contributed by atoms with Crippen molar-refractivity contribution in [3.05, 3.63) is 17.3 Å². The van der Waals surface area contributed by atoms with Crippen LogP contribution in [0, 0.1) is 0 Å². The average Bonchev–Trinajstić information content (AvgIpc) is 2.84. The Morgan fingerprint density at radius 2 is 2.41 bits per heavy atom. The molecule has 1 fully saturated rings. The highest BCUT2D eigenvalue weighted by Gasteiger charge is 2.32. The second kappa shape index (κ2) is 4.85. The van der Waals surface area contributed by atoms with Crippen molar-refractivity contribution in [2.24, 2.45) is 0 Å². The van der Waals surface area contributed by atoms with Crippen molar-refractivity contribution in [3.8, 4) is 0 Å². The molecule has 1 N–H and O–H groups in total. The first-order chi connectivity index (χ1) is 8.13. The third kappa shape index (κ3) is 2.32. The summed E-state index contributed by atoms with van der Waals surface area (Å²) < 4.78 is 15.6. The van der Waals surface area contributed by atoms with E-state index in [-0.39, 0.29) is 24.4 Å². The van der Waals surface area contributed by atoms with Gasteiger partial charge >= 0.3 is 5.97 Å². The molecular formula is C11H15NO5. The molecule has 2 rings (SSSR count). The molecule has 1 aliphatic heterocycles. The van der Waals surface area contributed by atoms with E-state index in [2.05, 4.69) is 4.98 Å². The second-order valence-corrected chi connectivity index (χ2v) is 4.04. The minimum atomic E-state index is -1.12. The van der Waals surface area contributed by atoms with Crippen molar-refractivity contribution in [3.63, 3.8) is 0 Å². The summed E-state index contributed by atoms with van der Waals surface area (Å²) in [7, 11) is 1.49. The standard InChI is InChI=1S/C11H15NO5/c1-6-7(3-4-16-6)10-12-8(5-15-2)9(17-10)11(13)14/h6-7H,3-5H2,1-2H3,(H,13,14). The quantitative estimate of drug-likeness (QED) is 0.858. The van der Waals surface area contributed by atoms with Gasteiger partial charge in [-0.1, -0.05) is 0 Å². The van der Waals surface area contributed by atoms with E-state index in [4.69, 9.17) is 19.0 Å². The Labute approximate surface area is 98.5 Å². The Morgan fingerprint density at radius 1 is 1.65 bits per heavy atom. The summed E-state index contributed by atoms with van der Waals surface area (Å²) in [5.74, 6) is -0.804. The highest BCUT2D eigenvalue weighted by atomic mass is 16.5. The van der Waals surface area contributed by atoms with Crippen LogP contribution in [-0.2, 0) is 16.1 Å². The van der Waals surface area contributed by atoms with Gasteiger partial charge in [-0.15, -0.1) is 0 Å². The summed E-state index contributed by atoms with van der Waals surface area (Å²) >= 11 is 0. The van der Waals surface area contributed by atoms with Gasteiger partial charge in [0.25, 0.3) is 0 Å². The highest BCUT2D eigenvalue weighted by molar-refractivity contribution is 5.85. The van der Waals surface area contributed by atoms with Gasteiger partial charge in [0, 0.05) is 13.7 Å². The van der Waals surface area contributed by atoms with Crippen molar-refractivity contribution in [2.75, 3.05) is 13.7 Å². The summed E-state index contributed by atoms with van der Waals surface area (Å²) in [5, 5.41) is 8.99. The highest BCUT2D eigenvalue weighted by Crippen LogP contribution is 2.31. The van der Waals surface area contributed by atoms with Crippen molar-refractivity contribution >= 4 is 5.97 Å². The van der Waals surface area contributed by atoms with Gasteiger partial charge in [-0.05, 0) is 13.3 Å². The van der Waals surface area contributed by atoms with Gasteiger partial charge in [0.05, 0.1) is 18.6 Å². The maximum absolute atomic E-state index is 11.0. The number of oxazole rings is 1. The second-order valence-electron chi connectivity index (χ2n) is 4.04. The van der Waals surface area contributed by atoms with Crippen LogP contribution in [0.4, 0.5) is 0 Å². The lowest BCUT2D eigenvalue weighted by Gasteiger charge is -2.08. The van der Waals surface area contributed by atoms with Gasteiger partial charge in [0.15, 0.2) is 0 Å². The number of ether oxygens (including phenoxy) is 2. The molecule has 0 spiro atoms. The van der Waals surface area contributed by atoms with E-state index in [1.54, 1.807) is 0 Å². The summed E-state index contributed by atoms with van der Waals surface area (Å²) in [4.78, 5) is 15.2. The third-order valence-corrected chi connectivity index (χ3v) is 2.88. The van der Waals surface area contributed by atoms with E-state index in [0.29, 0.717) is 18.2 Å². The molecule has 0 aromatic carbocycles. The van der Waals surface area contributed by atoms with E-state index in [9.17, 15) is 4.79 Å². The normalized spacial score (nSPS) is 24.1. The fourth-order valence-corrected chi connectivity index (χ4v) is 1.99. The first-order valence-electron chi connectivity index (χ1n) is 5.47. The minimum absolute atomic E-state index is 0.00527. The van der Waals surface area contributed by atoms with Crippen molar-refractivity contribution in [1.29, 1.82) is 0 Å². The molecule has 94 valence electrons. The van der Waals surface area contributed by atoms with E-state index in [1.807, 2.05) is 6.92 Å². The Bertz CT molecular complexity index is 414. The van der Waals surface area contributed by atoms with E-state index < -0.39 is 5.97 Å². The lowest BCUT2D eigenvalue weighted by atomic mass is 10.0. The topological polar surface area (TPSA) is 81.8 Å². The lowest BCUT2D eigenvalue weighted by molar-refractivity contribution is 0.0650. The summed E-state index contributed by atoms with van der Waals surface area (Å²) in [6.45, 7) is 2.71. The summed E-state index contributed by atoms with van der Waals surface area (Å²) in [6.07, 6.45) is 0.804. The predicted octanol–water partition coefficient (Wildman–Crippen LogP) is 1.41. The Balaban J connectivity index is 2.29. The van der Waals surface area contributed by atoms with E-state index >= 15 is 0 Å². The Morgan fingerprint density at radius 3 is 2.94 bits per heavy atom. The molecule has 0 aliphatic carbocycles. The fourth-order valence-electron chi connectivity index (χ4n) is 1.99. The largest absolute Gasteiger partial charge is 0.475 e. The number of carboxylic acid groups (broad SMARTS) is 1. The molecule has 6 heteroatoms. The number of carbonyl (C=O) groups is 1. The zero-order chi connectivity index (χ0) is 12.4. The molecule has 6 nitrogen and oxygen atoms in total. The van der Waals surface area contributed by atoms with Gasteiger partial charge in [0.2, 0.25) is 11.7 Å². The lowest BCUT2D eigenvalue weighted by Crippen LogP contribution is -2.09. The van der Waals surface area contributed by atoms with Crippen LogP contribution in [0.25, 0.3) is 0 Å². The SMILES string of the molecule is COCc1nc(C2CCOC2C)oc1C(=O)O. The number of rotatable bonds is 4. The van der Waals surface area contributed by atoms with Crippen LogP contribution in [0.15, 0.2) is 4.42 Å². The zero-order valence-electron chi connectivity index (χ0n) is 9.80. The zero-order valence-corrected chi connectivity index (χ0v) is 9.80. The number of carboxylic acids is 1. The van der Waals surface area contributed by atoms with Crippen molar-refractivity contribution < 1.29 is 23.8 Å². The van der Waals surface area contributed by atoms with Crippen molar-refractivity contribution in [2.45, 2.75) is 32.0 Å². The minimum Gasteiger partial charge on any atom is -0.475 e. The molecule has 0 amide bonds. The smallest absolute Gasteiger partial charge is 0.373 e. The van der Waals surface area contributed by atoms with E-state index in [0.717, 1.165) is 6.42 Å². The average molecular weight is 241 g/mol. The molecule has 1 aliphatic rings. The number of methoxy groups -OCH3 is 1. The molecule has 1 aromatic rings. The van der Waals surface area contributed by atoms with Gasteiger partial charge in [-0.3, -0.25) is 0 Å².